The first kappa shape index (κ1) is 14.4. The van der Waals surface area contributed by atoms with Gasteiger partial charge in [0.15, 0.2) is 5.69 Å². The molecule has 0 radical (unpaired) electrons. The maximum atomic E-state index is 11.2. The van der Waals surface area contributed by atoms with E-state index in [9.17, 15) is 14.9 Å². The lowest BCUT2D eigenvalue weighted by molar-refractivity contribution is -0.384. The third-order valence-corrected chi connectivity index (χ3v) is 3.19. The number of benzene rings is 1. The minimum Gasteiger partial charge on any atom is -0.476 e. The Morgan fingerprint density at radius 2 is 2.00 bits per heavy atom. The van der Waals surface area contributed by atoms with Crippen molar-refractivity contribution in [1.29, 1.82) is 0 Å². The second-order valence-corrected chi connectivity index (χ2v) is 4.62. The molecule has 0 spiro atoms. The molecule has 0 amide bonds. The van der Waals surface area contributed by atoms with Gasteiger partial charge in [0.2, 0.25) is 0 Å². The van der Waals surface area contributed by atoms with E-state index in [2.05, 4.69) is 10.1 Å². The number of carboxylic acids is 1. The molecule has 0 saturated carbocycles. The summed E-state index contributed by atoms with van der Waals surface area (Å²) in [7, 11) is 0. The van der Waals surface area contributed by atoms with Gasteiger partial charge in [-0.2, -0.15) is 5.10 Å². The summed E-state index contributed by atoms with van der Waals surface area (Å²) < 4.78 is 1.25. The van der Waals surface area contributed by atoms with Gasteiger partial charge in [-0.1, -0.05) is 12.1 Å². The zero-order valence-electron chi connectivity index (χ0n) is 11.7. The maximum absolute atomic E-state index is 11.2. The standard InChI is InChI=1S/C15H10N4O4/c20-15(21)11-8-14(10-4-3-7-16-9-10)18(17-11)12-5-1-2-6-13(12)19(22)23/h1-9H,(H,20,21). The van der Waals surface area contributed by atoms with Crippen LogP contribution in [0.4, 0.5) is 5.69 Å². The fourth-order valence-corrected chi connectivity index (χ4v) is 2.19. The average Bonchev–Trinajstić information content (AvgIpc) is 3.01. The number of carbonyl (C=O) groups is 1. The van der Waals surface area contributed by atoms with Crippen molar-refractivity contribution in [2.45, 2.75) is 0 Å². The summed E-state index contributed by atoms with van der Waals surface area (Å²) in [5.41, 5.74) is 0.819. The Kier molecular flexibility index (Phi) is 3.55. The zero-order valence-corrected chi connectivity index (χ0v) is 11.7. The van der Waals surface area contributed by atoms with Gasteiger partial charge in [-0.05, 0) is 24.3 Å². The Bertz CT molecular complexity index is 890. The second kappa shape index (κ2) is 5.68. The van der Waals surface area contributed by atoms with Crippen LogP contribution >= 0.6 is 0 Å². The number of para-hydroxylation sites is 2. The van der Waals surface area contributed by atoms with Crippen molar-refractivity contribution < 1.29 is 14.8 Å². The Morgan fingerprint density at radius 1 is 1.22 bits per heavy atom. The quantitative estimate of drug-likeness (QED) is 0.585. The second-order valence-electron chi connectivity index (χ2n) is 4.62. The smallest absolute Gasteiger partial charge is 0.356 e. The van der Waals surface area contributed by atoms with Crippen LogP contribution in [0.25, 0.3) is 16.9 Å². The maximum Gasteiger partial charge on any atom is 0.356 e. The summed E-state index contributed by atoms with van der Waals surface area (Å²) in [4.78, 5) is 25.9. The molecule has 0 aliphatic heterocycles. The van der Waals surface area contributed by atoms with Crippen molar-refractivity contribution in [3.05, 3.63) is 70.7 Å². The van der Waals surface area contributed by atoms with E-state index >= 15 is 0 Å². The number of hydrogen-bond acceptors (Lipinski definition) is 5. The summed E-state index contributed by atoms with van der Waals surface area (Å²) in [6.45, 7) is 0. The molecular formula is C15H10N4O4. The number of aromatic nitrogens is 3. The lowest BCUT2D eigenvalue weighted by atomic mass is 10.2. The molecule has 0 saturated heterocycles. The first-order valence-corrected chi connectivity index (χ1v) is 6.55. The fraction of sp³-hybridized carbons (Fsp3) is 0. The number of pyridine rings is 1. The number of carboxylic acid groups (broad SMARTS) is 1. The van der Waals surface area contributed by atoms with Gasteiger partial charge >= 0.3 is 5.97 Å². The van der Waals surface area contributed by atoms with Crippen molar-refractivity contribution in [2.75, 3.05) is 0 Å². The van der Waals surface area contributed by atoms with E-state index in [-0.39, 0.29) is 17.1 Å². The number of nitro groups is 1. The van der Waals surface area contributed by atoms with E-state index < -0.39 is 10.9 Å². The molecular weight excluding hydrogens is 300 g/mol. The molecule has 2 heterocycles. The number of hydrogen-bond donors (Lipinski definition) is 1. The Hall–Kier alpha value is -3.55. The molecule has 1 N–H and O–H groups in total. The van der Waals surface area contributed by atoms with Crippen molar-refractivity contribution in [1.82, 2.24) is 14.8 Å². The van der Waals surface area contributed by atoms with Crippen LogP contribution in [0.2, 0.25) is 0 Å². The summed E-state index contributed by atoms with van der Waals surface area (Å²) in [6, 6.07) is 10.8. The number of nitrogens with zero attached hydrogens (tertiary/aromatic N) is 4. The zero-order chi connectivity index (χ0) is 16.4. The Balaban J connectivity index is 2.27. The van der Waals surface area contributed by atoms with Crippen LogP contribution in [-0.4, -0.2) is 30.8 Å². The largest absolute Gasteiger partial charge is 0.476 e. The molecule has 23 heavy (non-hydrogen) atoms. The molecule has 0 aliphatic rings. The lowest BCUT2D eigenvalue weighted by Gasteiger charge is -2.07. The fourth-order valence-electron chi connectivity index (χ4n) is 2.19. The Labute approximate surface area is 129 Å². The molecule has 114 valence electrons. The van der Waals surface area contributed by atoms with Gasteiger partial charge in [-0.25, -0.2) is 9.48 Å². The number of aromatic carboxylic acids is 1. The normalized spacial score (nSPS) is 10.4. The highest BCUT2D eigenvalue weighted by Crippen LogP contribution is 2.28. The van der Waals surface area contributed by atoms with E-state index in [4.69, 9.17) is 5.11 Å². The van der Waals surface area contributed by atoms with Gasteiger partial charge in [-0.3, -0.25) is 15.1 Å². The summed E-state index contributed by atoms with van der Waals surface area (Å²) in [5.74, 6) is -1.22. The van der Waals surface area contributed by atoms with Crippen molar-refractivity contribution in [3.63, 3.8) is 0 Å². The van der Waals surface area contributed by atoms with Crippen LogP contribution in [0.5, 0.6) is 0 Å². The lowest BCUT2D eigenvalue weighted by Crippen LogP contribution is -2.05. The molecule has 3 rings (SSSR count). The molecule has 0 unspecified atom stereocenters. The van der Waals surface area contributed by atoms with Crippen LogP contribution in [0.1, 0.15) is 10.5 Å². The number of nitro benzene ring substituents is 1. The molecule has 2 aromatic heterocycles. The minimum atomic E-state index is -1.22. The SMILES string of the molecule is O=C(O)c1cc(-c2cccnc2)n(-c2ccccc2[N+](=O)[O-])n1. The number of rotatable bonds is 4. The van der Waals surface area contributed by atoms with Crippen molar-refractivity contribution in [3.8, 4) is 16.9 Å². The predicted molar refractivity (Wildman–Crippen MR) is 80.4 cm³/mol. The molecule has 0 atom stereocenters. The van der Waals surface area contributed by atoms with Crippen LogP contribution < -0.4 is 0 Å². The monoisotopic (exact) mass is 310 g/mol. The first-order valence-electron chi connectivity index (χ1n) is 6.55. The topological polar surface area (TPSA) is 111 Å². The highest BCUT2D eigenvalue weighted by molar-refractivity contribution is 5.87. The third kappa shape index (κ3) is 2.64. The van der Waals surface area contributed by atoms with Gasteiger partial charge in [0.25, 0.3) is 5.69 Å². The van der Waals surface area contributed by atoms with E-state index in [0.29, 0.717) is 11.3 Å². The molecule has 0 aliphatic carbocycles. The molecule has 0 bridgehead atoms. The molecule has 1 aromatic carbocycles. The van der Waals surface area contributed by atoms with Crippen LogP contribution in [0.15, 0.2) is 54.9 Å². The predicted octanol–water partition coefficient (Wildman–Crippen LogP) is 2.54. The summed E-state index contributed by atoms with van der Waals surface area (Å²) in [5, 5.41) is 24.4. The average molecular weight is 310 g/mol. The summed E-state index contributed by atoms with van der Waals surface area (Å²) >= 11 is 0. The Morgan fingerprint density at radius 3 is 2.65 bits per heavy atom. The first-order chi connectivity index (χ1) is 11.1. The van der Waals surface area contributed by atoms with Gasteiger partial charge in [-0.15, -0.1) is 0 Å². The van der Waals surface area contributed by atoms with E-state index in [1.165, 1.54) is 35.1 Å². The van der Waals surface area contributed by atoms with Crippen molar-refractivity contribution >= 4 is 11.7 Å². The van der Waals surface area contributed by atoms with Gasteiger partial charge in [0.05, 0.1) is 10.6 Å². The van der Waals surface area contributed by atoms with Crippen LogP contribution in [-0.2, 0) is 0 Å². The highest BCUT2D eigenvalue weighted by Gasteiger charge is 2.21. The van der Waals surface area contributed by atoms with Crippen LogP contribution in [0.3, 0.4) is 0 Å². The molecule has 0 fully saturated rings. The van der Waals surface area contributed by atoms with E-state index in [1.54, 1.807) is 24.4 Å². The van der Waals surface area contributed by atoms with E-state index in [1.807, 2.05) is 0 Å². The van der Waals surface area contributed by atoms with Crippen LogP contribution in [0, 0.1) is 10.1 Å². The van der Waals surface area contributed by atoms with Gasteiger partial charge in [0, 0.05) is 24.0 Å². The summed E-state index contributed by atoms with van der Waals surface area (Å²) in [6.07, 6.45) is 3.11. The molecule has 8 heteroatoms. The molecule has 8 nitrogen and oxygen atoms in total. The highest BCUT2D eigenvalue weighted by atomic mass is 16.6. The van der Waals surface area contributed by atoms with Gasteiger partial charge < -0.3 is 5.11 Å². The molecule has 3 aromatic rings. The van der Waals surface area contributed by atoms with Gasteiger partial charge in [0.1, 0.15) is 5.69 Å². The minimum absolute atomic E-state index is 0.169. The third-order valence-electron chi connectivity index (χ3n) is 3.19. The van der Waals surface area contributed by atoms with E-state index in [0.717, 1.165) is 0 Å². The van der Waals surface area contributed by atoms with Crippen molar-refractivity contribution in [2.24, 2.45) is 0 Å².